The van der Waals surface area contributed by atoms with Gasteiger partial charge in [-0.3, -0.25) is 9.59 Å². The zero-order valence-electron chi connectivity index (χ0n) is 11.5. The molecule has 2 amide bonds. The third-order valence-electron chi connectivity index (χ3n) is 2.67. The first-order chi connectivity index (χ1) is 11.0. The number of amides is 2. The van der Waals surface area contributed by atoms with Gasteiger partial charge in [-0.1, -0.05) is 40.9 Å². The van der Waals surface area contributed by atoms with E-state index in [1.165, 1.54) is 6.21 Å². The lowest BCUT2D eigenvalue weighted by Crippen LogP contribution is -2.32. The molecule has 2 N–H and O–H groups in total. The Kier molecular flexibility index (Phi) is 5.98. The van der Waals surface area contributed by atoms with Gasteiger partial charge in [-0.15, -0.1) is 0 Å². The van der Waals surface area contributed by atoms with Gasteiger partial charge in [0.2, 0.25) is 0 Å². The van der Waals surface area contributed by atoms with Crippen LogP contribution in [0.1, 0.15) is 5.56 Å². The molecule has 0 heterocycles. The van der Waals surface area contributed by atoms with Gasteiger partial charge < -0.3 is 5.32 Å². The van der Waals surface area contributed by atoms with Crippen LogP contribution in [0.15, 0.2) is 47.6 Å². The molecular formula is C15H10Cl3N3O2. The van der Waals surface area contributed by atoms with E-state index in [0.29, 0.717) is 26.3 Å². The molecule has 0 aliphatic rings. The predicted molar refractivity (Wildman–Crippen MR) is 92.3 cm³/mol. The van der Waals surface area contributed by atoms with E-state index >= 15 is 0 Å². The second kappa shape index (κ2) is 7.97. The van der Waals surface area contributed by atoms with Gasteiger partial charge in [-0.25, -0.2) is 5.43 Å². The van der Waals surface area contributed by atoms with Gasteiger partial charge in [0.25, 0.3) is 0 Å². The highest BCUT2D eigenvalue weighted by Gasteiger charge is 2.12. The van der Waals surface area contributed by atoms with Gasteiger partial charge in [0.05, 0.1) is 16.3 Å². The Labute approximate surface area is 147 Å². The summed E-state index contributed by atoms with van der Waals surface area (Å²) in [6.07, 6.45) is 1.26. The Morgan fingerprint density at radius 2 is 1.52 bits per heavy atom. The number of carbonyl (C=O) groups is 2. The van der Waals surface area contributed by atoms with Crippen LogP contribution in [0.5, 0.6) is 0 Å². The van der Waals surface area contributed by atoms with Crippen molar-refractivity contribution >= 4 is 58.5 Å². The fourth-order valence-corrected chi connectivity index (χ4v) is 2.18. The molecule has 0 bridgehead atoms. The number of hydrogen-bond acceptors (Lipinski definition) is 3. The van der Waals surface area contributed by atoms with Crippen LogP contribution in [0.3, 0.4) is 0 Å². The van der Waals surface area contributed by atoms with Crippen molar-refractivity contribution in [1.29, 1.82) is 0 Å². The Morgan fingerprint density at radius 3 is 2.13 bits per heavy atom. The number of hydrazone groups is 1. The minimum atomic E-state index is -0.931. The van der Waals surface area contributed by atoms with Crippen molar-refractivity contribution in [3.8, 4) is 0 Å². The molecule has 0 unspecified atom stereocenters. The molecular weight excluding hydrogens is 361 g/mol. The molecule has 118 valence electrons. The van der Waals surface area contributed by atoms with Crippen molar-refractivity contribution in [2.75, 3.05) is 5.32 Å². The fraction of sp³-hybridized carbons (Fsp3) is 0. The molecule has 0 fully saturated rings. The lowest BCUT2D eigenvalue weighted by atomic mass is 10.2. The number of halogens is 3. The molecule has 2 aromatic carbocycles. The van der Waals surface area contributed by atoms with Crippen molar-refractivity contribution in [2.45, 2.75) is 0 Å². The Bertz CT molecular complexity index is 741. The summed E-state index contributed by atoms with van der Waals surface area (Å²) < 4.78 is 0. The van der Waals surface area contributed by atoms with Crippen LogP contribution in [-0.4, -0.2) is 18.0 Å². The number of anilines is 1. The molecule has 2 rings (SSSR count). The van der Waals surface area contributed by atoms with Gasteiger partial charge in [-0.2, -0.15) is 5.10 Å². The molecule has 0 radical (unpaired) electrons. The molecule has 0 saturated carbocycles. The lowest BCUT2D eigenvalue weighted by Gasteiger charge is -2.04. The number of nitrogens with zero attached hydrogens (tertiary/aromatic N) is 1. The van der Waals surface area contributed by atoms with Crippen LogP contribution >= 0.6 is 34.8 Å². The molecule has 0 aromatic heterocycles. The highest BCUT2D eigenvalue weighted by molar-refractivity contribution is 6.40. The minimum absolute atomic E-state index is 0.376. The largest absolute Gasteiger partial charge is 0.329 e. The third kappa shape index (κ3) is 4.96. The second-order valence-corrected chi connectivity index (χ2v) is 5.55. The van der Waals surface area contributed by atoms with Crippen molar-refractivity contribution < 1.29 is 9.59 Å². The minimum Gasteiger partial charge on any atom is -0.318 e. The maximum Gasteiger partial charge on any atom is 0.329 e. The van der Waals surface area contributed by atoms with Gasteiger partial charge in [0.1, 0.15) is 0 Å². The van der Waals surface area contributed by atoms with Gasteiger partial charge in [-0.05, 0) is 36.4 Å². The molecule has 0 atom stereocenters. The van der Waals surface area contributed by atoms with E-state index in [0.717, 1.165) is 0 Å². The summed E-state index contributed by atoms with van der Waals surface area (Å²) >= 11 is 17.6. The summed E-state index contributed by atoms with van der Waals surface area (Å²) in [7, 11) is 0. The molecule has 2 aromatic rings. The van der Waals surface area contributed by atoms with E-state index in [-0.39, 0.29) is 0 Å². The van der Waals surface area contributed by atoms with Crippen LogP contribution in [0, 0.1) is 0 Å². The zero-order chi connectivity index (χ0) is 16.8. The van der Waals surface area contributed by atoms with E-state index in [1.54, 1.807) is 42.5 Å². The monoisotopic (exact) mass is 369 g/mol. The second-order valence-electron chi connectivity index (χ2n) is 4.30. The van der Waals surface area contributed by atoms with Crippen LogP contribution in [0.25, 0.3) is 0 Å². The van der Waals surface area contributed by atoms with Crippen molar-refractivity contribution in [1.82, 2.24) is 5.43 Å². The third-order valence-corrected chi connectivity index (χ3v) is 3.58. The van der Waals surface area contributed by atoms with E-state index in [4.69, 9.17) is 34.8 Å². The molecule has 23 heavy (non-hydrogen) atoms. The van der Waals surface area contributed by atoms with E-state index in [1.807, 2.05) is 0 Å². The SMILES string of the molecule is O=C(N/N=C\c1c(Cl)cccc1Cl)C(=O)Nc1ccc(Cl)cc1. The molecule has 0 spiro atoms. The summed E-state index contributed by atoms with van der Waals surface area (Å²) in [5.41, 5.74) is 2.97. The maximum atomic E-state index is 11.7. The van der Waals surface area contributed by atoms with Crippen LogP contribution < -0.4 is 10.7 Å². The zero-order valence-corrected chi connectivity index (χ0v) is 13.8. The number of benzene rings is 2. The summed E-state index contributed by atoms with van der Waals surface area (Å²) in [6, 6.07) is 11.3. The fourth-order valence-electron chi connectivity index (χ4n) is 1.56. The highest BCUT2D eigenvalue weighted by Crippen LogP contribution is 2.22. The van der Waals surface area contributed by atoms with Crippen molar-refractivity contribution in [3.63, 3.8) is 0 Å². The highest BCUT2D eigenvalue weighted by atomic mass is 35.5. The maximum absolute atomic E-state index is 11.7. The molecule has 0 aliphatic carbocycles. The number of nitrogens with one attached hydrogen (secondary N) is 2. The average molecular weight is 371 g/mol. The quantitative estimate of drug-likeness (QED) is 0.491. The molecule has 0 aliphatic heterocycles. The number of hydrogen-bond donors (Lipinski definition) is 2. The van der Waals surface area contributed by atoms with Crippen LogP contribution in [0.4, 0.5) is 5.69 Å². The Balaban J connectivity index is 1.95. The standard InChI is InChI=1S/C15H10Cl3N3O2/c16-9-4-6-10(7-5-9)20-14(22)15(23)21-19-8-11-12(17)2-1-3-13(11)18/h1-8H,(H,20,22)(H,21,23)/b19-8-. The Hall–Kier alpha value is -2.08. The van der Waals surface area contributed by atoms with E-state index in [9.17, 15) is 9.59 Å². The van der Waals surface area contributed by atoms with E-state index < -0.39 is 11.8 Å². The van der Waals surface area contributed by atoms with Gasteiger partial charge in [0.15, 0.2) is 0 Å². The van der Waals surface area contributed by atoms with Gasteiger partial charge >= 0.3 is 11.8 Å². The smallest absolute Gasteiger partial charge is 0.318 e. The first-order valence-corrected chi connectivity index (χ1v) is 7.44. The number of carbonyl (C=O) groups excluding carboxylic acids is 2. The lowest BCUT2D eigenvalue weighted by molar-refractivity contribution is -0.136. The van der Waals surface area contributed by atoms with Crippen molar-refractivity contribution in [3.05, 3.63) is 63.1 Å². The van der Waals surface area contributed by atoms with Crippen LogP contribution in [0.2, 0.25) is 15.1 Å². The molecule has 0 saturated heterocycles. The number of rotatable bonds is 3. The van der Waals surface area contributed by atoms with Gasteiger partial charge in [0, 0.05) is 16.3 Å². The molecule has 5 nitrogen and oxygen atoms in total. The summed E-state index contributed by atoms with van der Waals surface area (Å²) in [5, 5.41) is 7.34. The average Bonchev–Trinajstić information content (AvgIpc) is 2.52. The normalized spacial score (nSPS) is 10.6. The molecule has 8 heteroatoms. The van der Waals surface area contributed by atoms with E-state index in [2.05, 4.69) is 15.8 Å². The predicted octanol–water partition coefficient (Wildman–Crippen LogP) is 3.74. The summed E-state index contributed by atoms with van der Waals surface area (Å²) in [5.74, 6) is -1.80. The Morgan fingerprint density at radius 1 is 0.913 bits per heavy atom. The van der Waals surface area contributed by atoms with Crippen LogP contribution in [-0.2, 0) is 9.59 Å². The summed E-state index contributed by atoms with van der Waals surface area (Å²) in [6.45, 7) is 0. The topological polar surface area (TPSA) is 70.6 Å². The van der Waals surface area contributed by atoms with Crippen molar-refractivity contribution in [2.24, 2.45) is 5.10 Å². The first-order valence-electron chi connectivity index (χ1n) is 6.31. The summed E-state index contributed by atoms with van der Waals surface area (Å²) in [4.78, 5) is 23.3. The first kappa shape index (κ1) is 17.3.